The van der Waals surface area contributed by atoms with E-state index in [9.17, 15) is 0 Å². The minimum Gasteiger partial charge on any atom is -0.478 e. The highest BCUT2D eigenvalue weighted by Crippen LogP contribution is 2.11. The van der Waals surface area contributed by atoms with Crippen molar-refractivity contribution in [2.45, 2.75) is 20.3 Å². The van der Waals surface area contributed by atoms with Crippen molar-refractivity contribution in [1.29, 1.82) is 0 Å². The van der Waals surface area contributed by atoms with Gasteiger partial charge in [0.1, 0.15) is 0 Å². The molecule has 96 valence electrons. The Hall–Kier alpha value is -2.18. The van der Waals surface area contributed by atoms with Gasteiger partial charge in [0.15, 0.2) is 5.82 Å². The smallest absolute Gasteiger partial charge is 0.226 e. The van der Waals surface area contributed by atoms with Crippen LogP contribution in [0.4, 0.5) is 5.95 Å². The van der Waals surface area contributed by atoms with Crippen LogP contribution in [0.1, 0.15) is 18.4 Å². The molecule has 0 aliphatic carbocycles. The standard InChI is InChI=1S/C11H15N5O2/c1-3-17-10-6-8(2)14-11(15-10)12-5-4-9-13-7-18-16-9/h6-7H,3-5H2,1-2H3,(H,12,14,15). The zero-order valence-corrected chi connectivity index (χ0v) is 10.4. The molecule has 2 aromatic heterocycles. The molecule has 7 heteroatoms. The summed E-state index contributed by atoms with van der Waals surface area (Å²) in [5.41, 5.74) is 0.857. The van der Waals surface area contributed by atoms with E-state index >= 15 is 0 Å². The first kappa shape index (κ1) is 12.3. The minimum atomic E-state index is 0.543. The molecule has 0 saturated heterocycles. The van der Waals surface area contributed by atoms with Crippen molar-refractivity contribution in [3.05, 3.63) is 24.0 Å². The van der Waals surface area contributed by atoms with Crippen LogP contribution < -0.4 is 10.1 Å². The number of nitrogens with one attached hydrogen (secondary N) is 1. The van der Waals surface area contributed by atoms with Crippen molar-refractivity contribution in [1.82, 2.24) is 20.1 Å². The first-order chi connectivity index (χ1) is 8.78. The Morgan fingerprint density at radius 2 is 2.28 bits per heavy atom. The van der Waals surface area contributed by atoms with E-state index in [1.165, 1.54) is 6.39 Å². The maximum Gasteiger partial charge on any atom is 0.226 e. The summed E-state index contributed by atoms with van der Waals surface area (Å²) in [5, 5.41) is 6.82. The van der Waals surface area contributed by atoms with Gasteiger partial charge < -0.3 is 14.6 Å². The lowest BCUT2D eigenvalue weighted by Gasteiger charge is -2.07. The third-order valence-corrected chi connectivity index (χ3v) is 2.16. The summed E-state index contributed by atoms with van der Waals surface area (Å²) in [6.07, 6.45) is 1.96. The molecule has 2 rings (SSSR count). The summed E-state index contributed by atoms with van der Waals surface area (Å²) in [6.45, 7) is 5.03. The number of hydrogen-bond donors (Lipinski definition) is 1. The highest BCUT2D eigenvalue weighted by molar-refractivity contribution is 5.30. The number of hydrogen-bond acceptors (Lipinski definition) is 7. The predicted molar refractivity (Wildman–Crippen MR) is 64.4 cm³/mol. The number of nitrogens with zero attached hydrogens (tertiary/aromatic N) is 4. The molecule has 2 heterocycles. The first-order valence-corrected chi connectivity index (χ1v) is 5.75. The molecule has 0 fully saturated rings. The zero-order chi connectivity index (χ0) is 12.8. The van der Waals surface area contributed by atoms with Gasteiger partial charge in [-0.2, -0.15) is 9.97 Å². The summed E-state index contributed by atoms with van der Waals surface area (Å²) < 4.78 is 10.00. The second-order valence-corrected chi connectivity index (χ2v) is 3.63. The molecule has 0 unspecified atom stereocenters. The van der Waals surface area contributed by atoms with Crippen LogP contribution in [-0.2, 0) is 6.42 Å². The highest BCUT2D eigenvalue weighted by atomic mass is 16.5. The molecule has 0 atom stereocenters. The van der Waals surface area contributed by atoms with Gasteiger partial charge in [-0.25, -0.2) is 4.98 Å². The average Bonchev–Trinajstić information content (AvgIpc) is 2.82. The maximum absolute atomic E-state index is 5.35. The first-order valence-electron chi connectivity index (χ1n) is 5.75. The van der Waals surface area contributed by atoms with Gasteiger partial charge in [0.2, 0.25) is 18.2 Å². The predicted octanol–water partition coefficient (Wildman–Crippen LogP) is 1.22. The second-order valence-electron chi connectivity index (χ2n) is 3.63. The Morgan fingerprint density at radius 3 is 3.00 bits per heavy atom. The lowest BCUT2D eigenvalue weighted by atomic mass is 10.4. The maximum atomic E-state index is 5.35. The molecule has 7 nitrogen and oxygen atoms in total. The van der Waals surface area contributed by atoms with Crippen molar-refractivity contribution in [3.8, 4) is 5.88 Å². The van der Waals surface area contributed by atoms with Gasteiger partial charge in [-0.1, -0.05) is 5.16 Å². The number of aryl methyl sites for hydroxylation is 1. The summed E-state index contributed by atoms with van der Waals surface area (Å²) >= 11 is 0. The molecular weight excluding hydrogens is 234 g/mol. The van der Waals surface area contributed by atoms with Crippen LogP contribution in [0.25, 0.3) is 0 Å². The van der Waals surface area contributed by atoms with Gasteiger partial charge in [0.05, 0.1) is 6.61 Å². The van der Waals surface area contributed by atoms with E-state index < -0.39 is 0 Å². The van der Waals surface area contributed by atoms with E-state index in [0.717, 1.165) is 5.69 Å². The normalized spacial score (nSPS) is 10.3. The molecule has 0 saturated carbocycles. The Morgan fingerprint density at radius 1 is 1.39 bits per heavy atom. The van der Waals surface area contributed by atoms with Crippen molar-refractivity contribution >= 4 is 5.95 Å². The number of ether oxygens (including phenoxy) is 1. The van der Waals surface area contributed by atoms with Crippen LogP contribution in [0.15, 0.2) is 17.0 Å². The molecule has 0 aromatic carbocycles. The Balaban J connectivity index is 1.92. The Labute approximate surface area is 105 Å². The van der Waals surface area contributed by atoms with E-state index in [-0.39, 0.29) is 0 Å². The van der Waals surface area contributed by atoms with Crippen LogP contribution in [0.2, 0.25) is 0 Å². The quantitative estimate of drug-likeness (QED) is 0.823. The molecule has 0 amide bonds. The van der Waals surface area contributed by atoms with Gasteiger partial charge in [-0.15, -0.1) is 0 Å². The number of aromatic nitrogens is 4. The molecule has 0 spiro atoms. The third-order valence-electron chi connectivity index (χ3n) is 2.16. The molecule has 1 N–H and O–H groups in total. The average molecular weight is 249 g/mol. The molecule has 0 aliphatic rings. The van der Waals surface area contributed by atoms with E-state index in [0.29, 0.717) is 37.2 Å². The fourth-order valence-corrected chi connectivity index (χ4v) is 1.43. The highest BCUT2D eigenvalue weighted by Gasteiger charge is 2.03. The van der Waals surface area contributed by atoms with Gasteiger partial charge in [0.25, 0.3) is 0 Å². The lowest BCUT2D eigenvalue weighted by Crippen LogP contribution is -2.10. The van der Waals surface area contributed by atoms with Crippen LogP contribution >= 0.6 is 0 Å². The number of anilines is 1. The van der Waals surface area contributed by atoms with Crippen LogP contribution in [0.5, 0.6) is 5.88 Å². The van der Waals surface area contributed by atoms with Crippen molar-refractivity contribution in [2.75, 3.05) is 18.5 Å². The largest absolute Gasteiger partial charge is 0.478 e. The fourth-order valence-electron chi connectivity index (χ4n) is 1.43. The van der Waals surface area contributed by atoms with Crippen LogP contribution in [-0.4, -0.2) is 33.3 Å². The monoisotopic (exact) mass is 249 g/mol. The molecule has 2 aromatic rings. The lowest BCUT2D eigenvalue weighted by molar-refractivity contribution is 0.326. The molecular formula is C11H15N5O2. The zero-order valence-electron chi connectivity index (χ0n) is 10.4. The van der Waals surface area contributed by atoms with Gasteiger partial charge >= 0.3 is 0 Å². The van der Waals surface area contributed by atoms with E-state index in [2.05, 4.69) is 29.9 Å². The molecule has 18 heavy (non-hydrogen) atoms. The molecule has 0 bridgehead atoms. The third kappa shape index (κ3) is 3.41. The summed E-state index contributed by atoms with van der Waals surface area (Å²) in [5.74, 6) is 1.77. The SMILES string of the molecule is CCOc1cc(C)nc(NCCc2ncon2)n1. The van der Waals surface area contributed by atoms with Crippen molar-refractivity contribution < 1.29 is 9.26 Å². The minimum absolute atomic E-state index is 0.543. The second kappa shape index (κ2) is 5.95. The van der Waals surface area contributed by atoms with Crippen LogP contribution in [0.3, 0.4) is 0 Å². The Kier molecular flexibility index (Phi) is 4.06. The topological polar surface area (TPSA) is 86.0 Å². The van der Waals surface area contributed by atoms with Crippen molar-refractivity contribution in [2.24, 2.45) is 0 Å². The summed E-state index contributed by atoms with van der Waals surface area (Å²) in [7, 11) is 0. The van der Waals surface area contributed by atoms with Gasteiger partial charge in [0, 0.05) is 24.7 Å². The molecule has 0 aliphatic heterocycles. The van der Waals surface area contributed by atoms with Crippen molar-refractivity contribution in [3.63, 3.8) is 0 Å². The van der Waals surface area contributed by atoms with Crippen LogP contribution in [0, 0.1) is 6.92 Å². The summed E-state index contributed by atoms with van der Waals surface area (Å²) in [6, 6.07) is 1.80. The van der Waals surface area contributed by atoms with Gasteiger partial charge in [-0.3, -0.25) is 0 Å². The number of rotatable bonds is 6. The summed E-state index contributed by atoms with van der Waals surface area (Å²) in [4.78, 5) is 12.4. The Bertz CT molecular complexity index is 486. The van der Waals surface area contributed by atoms with E-state index in [1.807, 2.05) is 13.8 Å². The van der Waals surface area contributed by atoms with E-state index in [1.54, 1.807) is 6.07 Å². The van der Waals surface area contributed by atoms with Gasteiger partial charge in [-0.05, 0) is 13.8 Å². The van der Waals surface area contributed by atoms with E-state index in [4.69, 9.17) is 4.74 Å². The molecule has 0 radical (unpaired) electrons. The fraction of sp³-hybridized carbons (Fsp3) is 0.455.